The highest BCUT2D eigenvalue weighted by molar-refractivity contribution is 7.99. The summed E-state index contributed by atoms with van der Waals surface area (Å²) in [4.78, 5) is 14.2. The van der Waals surface area contributed by atoms with Gasteiger partial charge >= 0.3 is 0 Å². The van der Waals surface area contributed by atoms with Crippen LogP contribution in [0.5, 0.6) is 0 Å². The summed E-state index contributed by atoms with van der Waals surface area (Å²) >= 11 is 1.13. The van der Waals surface area contributed by atoms with Crippen LogP contribution in [0.2, 0.25) is 0 Å². The maximum Gasteiger partial charge on any atom is 0.286 e. The predicted molar refractivity (Wildman–Crippen MR) is 39.0 cm³/mol. The summed E-state index contributed by atoms with van der Waals surface area (Å²) in [6, 6.07) is 0. The summed E-state index contributed by atoms with van der Waals surface area (Å²) in [5.74, 6) is 0.324. The smallest absolute Gasteiger partial charge is 0.286 e. The van der Waals surface area contributed by atoms with Crippen LogP contribution in [-0.4, -0.2) is 21.8 Å². The Kier molecular flexibility index (Phi) is 2.48. The summed E-state index contributed by atoms with van der Waals surface area (Å²) in [7, 11) is 0. The van der Waals surface area contributed by atoms with Gasteiger partial charge in [-0.3, -0.25) is 4.79 Å². The summed E-state index contributed by atoms with van der Waals surface area (Å²) in [5.41, 5.74) is 4.90. The maximum atomic E-state index is 10.3. The van der Waals surface area contributed by atoms with E-state index in [0.29, 0.717) is 11.0 Å². The Balaban J connectivity index is 2.45. The molecule has 0 saturated heterocycles. The van der Waals surface area contributed by atoms with Crippen molar-refractivity contribution >= 4 is 17.7 Å². The van der Waals surface area contributed by atoms with Crippen molar-refractivity contribution in [3.63, 3.8) is 0 Å². The van der Waals surface area contributed by atoms with Gasteiger partial charge in [-0.15, -0.1) is 0 Å². The van der Waals surface area contributed by atoms with Gasteiger partial charge in [0.2, 0.25) is 5.91 Å². The number of aryl methyl sites for hydroxylation is 1. The van der Waals surface area contributed by atoms with Crippen molar-refractivity contribution in [3.05, 3.63) is 5.82 Å². The first-order valence-corrected chi connectivity index (χ1v) is 3.88. The second kappa shape index (κ2) is 3.38. The first kappa shape index (κ1) is 8.06. The fraction of sp³-hybridized carbons (Fsp3) is 0.400. The fourth-order valence-electron chi connectivity index (χ4n) is 0.470. The van der Waals surface area contributed by atoms with Gasteiger partial charge in [-0.25, -0.2) is 0 Å². The Hall–Kier alpha value is -1.04. The molecule has 2 N–H and O–H groups in total. The van der Waals surface area contributed by atoms with E-state index in [9.17, 15) is 4.79 Å². The van der Waals surface area contributed by atoms with E-state index in [-0.39, 0.29) is 5.75 Å². The highest BCUT2D eigenvalue weighted by Crippen LogP contribution is 2.13. The van der Waals surface area contributed by atoms with Crippen LogP contribution in [0.3, 0.4) is 0 Å². The molecular weight excluding hydrogens is 166 g/mol. The number of rotatable bonds is 3. The predicted octanol–water partition coefficient (Wildman–Crippen LogP) is -0.0446. The van der Waals surface area contributed by atoms with Crippen molar-refractivity contribution in [3.8, 4) is 0 Å². The van der Waals surface area contributed by atoms with E-state index in [2.05, 4.69) is 10.1 Å². The number of hydrogen-bond acceptors (Lipinski definition) is 5. The largest absolute Gasteiger partial charge is 0.369 e. The Morgan fingerprint density at radius 3 is 3.00 bits per heavy atom. The Morgan fingerprint density at radius 2 is 2.55 bits per heavy atom. The minimum absolute atomic E-state index is 0.168. The molecule has 60 valence electrons. The number of nitrogens with zero attached hydrogens (tertiary/aromatic N) is 2. The van der Waals surface area contributed by atoms with Crippen LogP contribution in [-0.2, 0) is 4.79 Å². The summed E-state index contributed by atoms with van der Waals surface area (Å²) in [6.45, 7) is 1.71. The van der Waals surface area contributed by atoms with Crippen LogP contribution in [0.25, 0.3) is 0 Å². The molecule has 11 heavy (non-hydrogen) atoms. The molecule has 6 heteroatoms. The first-order valence-electron chi connectivity index (χ1n) is 2.90. The molecule has 0 fully saturated rings. The van der Waals surface area contributed by atoms with Gasteiger partial charge in [-0.1, -0.05) is 16.9 Å². The normalized spacial score (nSPS) is 9.91. The van der Waals surface area contributed by atoms with Crippen molar-refractivity contribution in [2.24, 2.45) is 5.73 Å². The van der Waals surface area contributed by atoms with Gasteiger partial charge in [-0.05, 0) is 6.92 Å². The molecule has 1 aromatic heterocycles. The van der Waals surface area contributed by atoms with E-state index in [1.54, 1.807) is 6.92 Å². The second-order valence-corrected chi connectivity index (χ2v) is 2.79. The highest BCUT2D eigenvalue weighted by atomic mass is 32.2. The molecule has 0 aliphatic heterocycles. The van der Waals surface area contributed by atoms with E-state index in [1.165, 1.54) is 0 Å². The molecule has 1 heterocycles. The number of hydrogen-bond donors (Lipinski definition) is 1. The number of primary amides is 1. The van der Waals surface area contributed by atoms with E-state index < -0.39 is 5.91 Å². The van der Waals surface area contributed by atoms with Gasteiger partial charge < -0.3 is 10.3 Å². The van der Waals surface area contributed by atoms with E-state index >= 15 is 0 Å². The van der Waals surface area contributed by atoms with Crippen LogP contribution in [0.4, 0.5) is 0 Å². The van der Waals surface area contributed by atoms with Crippen molar-refractivity contribution < 1.29 is 9.32 Å². The molecule has 1 rings (SSSR count). The average molecular weight is 173 g/mol. The molecule has 0 spiro atoms. The Morgan fingerprint density at radius 1 is 1.82 bits per heavy atom. The summed E-state index contributed by atoms with van der Waals surface area (Å²) in [5, 5.41) is 3.91. The zero-order chi connectivity index (χ0) is 8.27. The number of nitrogens with two attached hydrogens (primary N) is 1. The molecule has 1 aromatic rings. The van der Waals surface area contributed by atoms with Crippen molar-refractivity contribution in [2.75, 3.05) is 5.75 Å². The number of thioether (sulfide) groups is 1. The summed E-state index contributed by atoms with van der Waals surface area (Å²) in [6.07, 6.45) is 0. The van der Waals surface area contributed by atoms with Gasteiger partial charge in [0.05, 0.1) is 5.75 Å². The third-order valence-corrected chi connectivity index (χ3v) is 1.69. The molecule has 0 atom stereocenters. The zero-order valence-electron chi connectivity index (χ0n) is 5.90. The Bertz CT molecular complexity index is 260. The molecule has 5 nitrogen and oxygen atoms in total. The lowest BCUT2D eigenvalue weighted by molar-refractivity contribution is -0.115. The molecule has 1 amide bonds. The van der Waals surface area contributed by atoms with Gasteiger partial charge in [-0.2, -0.15) is 4.98 Å². The van der Waals surface area contributed by atoms with Crippen LogP contribution in [0.15, 0.2) is 9.75 Å². The molecule has 0 unspecified atom stereocenters. The van der Waals surface area contributed by atoms with Crippen LogP contribution in [0.1, 0.15) is 5.82 Å². The van der Waals surface area contributed by atoms with E-state index in [4.69, 9.17) is 10.3 Å². The minimum atomic E-state index is -0.397. The van der Waals surface area contributed by atoms with Crippen molar-refractivity contribution in [1.82, 2.24) is 10.1 Å². The lowest BCUT2D eigenvalue weighted by Crippen LogP contribution is -2.12. The minimum Gasteiger partial charge on any atom is -0.369 e. The van der Waals surface area contributed by atoms with Gasteiger partial charge in [0.15, 0.2) is 5.82 Å². The molecule has 0 aromatic carbocycles. The molecule has 0 radical (unpaired) electrons. The molecule has 0 aliphatic rings. The fourth-order valence-corrected chi connectivity index (χ4v) is 1.02. The lowest BCUT2D eigenvalue weighted by Gasteiger charge is -1.87. The van der Waals surface area contributed by atoms with Crippen molar-refractivity contribution in [2.45, 2.75) is 12.1 Å². The maximum absolute atomic E-state index is 10.3. The molecule has 0 bridgehead atoms. The standard InChI is InChI=1S/C5H7N3O2S/c1-3-7-5(10-8-3)11-2-4(6)9/h2H2,1H3,(H2,6,9). The topological polar surface area (TPSA) is 82.0 Å². The Labute approximate surface area is 67.3 Å². The van der Waals surface area contributed by atoms with E-state index in [0.717, 1.165) is 11.8 Å². The molecule has 0 saturated carbocycles. The van der Waals surface area contributed by atoms with Gasteiger partial charge in [0.25, 0.3) is 5.22 Å². The zero-order valence-corrected chi connectivity index (χ0v) is 6.72. The number of amides is 1. The highest BCUT2D eigenvalue weighted by Gasteiger charge is 2.04. The van der Waals surface area contributed by atoms with Crippen LogP contribution >= 0.6 is 11.8 Å². The third kappa shape index (κ3) is 2.58. The third-order valence-electron chi connectivity index (χ3n) is 0.847. The van der Waals surface area contributed by atoms with Crippen molar-refractivity contribution in [1.29, 1.82) is 0 Å². The van der Waals surface area contributed by atoms with Crippen LogP contribution < -0.4 is 5.73 Å². The number of aromatic nitrogens is 2. The number of carbonyl (C=O) groups excluding carboxylic acids is 1. The molecular formula is C5H7N3O2S. The van der Waals surface area contributed by atoms with Crippen LogP contribution in [0, 0.1) is 6.92 Å². The monoisotopic (exact) mass is 173 g/mol. The first-order chi connectivity index (χ1) is 5.18. The quantitative estimate of drug-likeness (QED) is 0.648. The van der Waals surface area contributed by atoms with Gasteiger partial charge in [0.1, 0.15) is 0 Å². The number of carbonyl (C=O) groups is 1. The average Bonchev–Trinajstić information content (AvgIpc) is 2.31. The van der Waals surface area contributed by atoms with E-state index in [1.807, 2.05) is 0 Å². The SMILES string of the molecule is Cc1noc(SCC(N)=O)n1. The second-order valence-electron chi connectivity index (χ2n) is 1.86. The summed E-state index contributed by atoms with van der Waals surface area (Å²) < 4.78 is 4.71. The lowest BCUT2D eigenvalue weighted by atomic mass is 10.8. The molecule has 0 aliphatic carbocycles. The van der Waals surface area contributed by atoms with Gasteiger partial charge in [0, 0.05) is 0 Å².